The molecule has 10 heavy (non-hydrogen) atoms. The summed E-state index contributed by atoms with van der Waals surface area (Å²) in [5.74, 6) is 0.747. The summed E-state index contributed by atoms with van der Waals surface area (Å²) in [6.07, 6.45) is 0. The highest BCUT2D eigenvalue weighted by molar-refractivity contribution is 7.80. The van der Waals surface area contributed by atoms with Crippen molar-refractivity contribution < 1.29 is 4.74 Å². The van der Waals surface area contributed by atoms with Crippen LogP contribution in [0.1, 0.15) is 29.7 Å². The molecule has 0 aliphatic rings. The number of nitrogens with two attached hydrogens (primary N) is 1. The zero-order valence-electron chi connectivity index (χ0n) is 3.55. The number of rotatable bonds is 3. The van der Waals surface area contributed by atoms with Crippen LogP contribution in [-0.2, 0) is 4.74 Å². The highest BCUT2D eigenvalue weighted by Gasteiger charge is 1.73. The van der Waals surface area contributed by atoms with Gasteiger partial charge >= 0.3 is 0 Å². The van der Waals surface area contributed by atoms with E-state index < -0.39 is 0 Å². The molecule has 0 fully saturated rings. The van der Waals surface area contributed by atoms with Crippen LogP contribution in [0.2, 0.25) is 0 Å². The van der Waals surface area contributed by atoms with Gasteiger partial charge in [0, 0.05) is 5.75 Å². The molecule has 0 aromatic heterocycles. The van der Waals surface area contributed by atoms with Crippen LogP contribution in [0.5, 0.6) is 0 Å². The maximum atomic E-state index is 4.96. The molecule has 0 amide bonds. The van der Waals surface area contributed by atoms with Crippen molar-refractivity contribution >= 4 is 12.6 Å². The molecule has 0 heterocycles. The first-order valence-electron chi connectivity index (χ1n) is 1.80. The van der Waals surface area contributed by atoms with Crippen LogP contribution < -0.4 is 5.73 Å². The summed E-state index contributed by atoms with van der Waals surface area (Å²) in [6.45, 7) is 0.959. The van der Waals surface area contributed by atoms with Crippen LogP contribution >= 0.6 is 12.6 Å². The molecule has 0 aliphatic carbocycles. The van der Waals surface area contributed by atoms with Crippen molar-refractivity contribution in [1.29, 1.82) is 0 Å². The van der Waals surface area contributed by atoms with Crippen molar-refractivity contribution in [2.45, 2.75) is 29.7 Å². The van der Waals surface area contributed by atoms with Crippen LogP contribution in [0, 0.1) is 0 Å². The number of hydrogen-bond acceptors (Lipinski definition) is 3. The van der Waals surface area contributed by atoms with Crippen molar-refractivity contribution in [2.24, 2.45) is 5.73 Å². The lowest BCUT2D eigenvalue weighted by Crippen LogP contribution is -2.05. The third-order valence-electron chi connectivity index (χ3n) is 0.353. The smallest absolute Gasteiger partial charge is 0.0940 e. The Balaban J connectivity index is -0.0000000208. The standard InChI is InChI=1S/C3H9NOS.4CH4/c4-3-5-1-2-6;;;;/h6H,1-4H2;4*1H4. The maximum Gasteiger partial charge on any atom is 0.0940 e. The summed E-state index contributed by atoms with van der Waals surface area (Å²) in [6, 6.07) is 0. The molecular formula is C7H25NOS. The molecule has 0 radical (unpaired) electrons. The molecule has 0 aromatic rings. The van der Waals surface area contributed by atoms with Gasteiger partial charge in [-0.3, -0.25) is 0 Å². The molecule has 0 saturated heterocycles. The quantitative estimate of drug-likeness (QED) is 0.388. The van der Waals surface area contributed by atoms with Crippen molar-refractivity contribution in [1.82, 2.24) is 0 Å². The lowest BCUT2D eigenvalue weighted by Gasteiger charge is -1.91. The molecule has 2 N–H and O–H groups in total. The Morgan fingerprint density at radius 3 is 1.60 bits per heavy atom. The molecule has 0 aromatic carbocycles. The first kappa shape index (κ1) is 31.8. The third kappa shape index (κ3) is 40.9. The van der Waals surface area contributed by atoms with Gasteiger partial charge in [-0.1, -0.05) is 29.7 Å². The third-order valence-corrected chi connectivity index (χ3v) is 0.536. The van der Waals surface area contributed by atoms with Crippen molar-refractivity contribution in [2.75, 3.05) is 19.1 Å². The Morgan fingerprint density at radius 2 is 1.50 bits per heavy atom. The lowest BCUT2D eigenvalue weighted by molar-refractivity contribution is 0.158. The lowest BCUT2D eigenvalue weighted by atomic mass is 10.9. The number of ether oxygens (including phenoxy) is 1. The van der Waals surface area contributed by atoms with E-state index in [1.54, 1.807) is 0 Å². The molecule has 0 bridgehead atoms. The summed E-state index contributed by atoms with van der Waals surface area (Å²) in [4.78, 5) is 0. The summed E-state index contributed by atoms with van der Waals surface area (Å²) < 4.78 is 4.68. The summed E-state index contributed by atoms with van der Waals surface area (Å²) in [5.41, 5.74) is 4.96. The van der Waals surface area contributed by atoms with Gasteiger partial charge in [-0.15, -0.1) is 0 Å². The molecule has 0 unspecified atom stereocenters. The minimum Gasteiger partial charge on any atom is -0.366 e. The molecule has 0 atom stereocenters. The van der Waals surface area contributed by atoms with Gasteiger partial charge in [0.25, 0.3) is 0 Å². The summed E-state index contributed by atoms with van der Waals surface area (Å²) in [7, 11) is 0. The molecule has 2 nitrogen and oxygen atoms in total. The second kappa shape index (κ2) is 34.8. The second-order valence-corrected chi connectivity index (χ2v) is 1.25. The van der Waals surface area contributed by atoms with Crippen LogP contribution in [0.25, 0.3) is 0 Å². The molecule has 0 saturated carbocycles. The van der Waals surface area contributed by atoms with E-state index in [0.29, 0.717) is 13.3 Å². The maximum absolute atomic E-state index is 4.96. The van der Waals surface area contributed by atoms with Crippen LogP contribution in [0.4, 0.5) is 0 Å². The molecular weight excluding hydrogens is 146 g/mol. The molecule has 0 aliphatic heterocycles. The van der Waals surface area contributed by atoms with Gasteiger partial charge in [0.05, 0.1) is 13.3 Å². The van der Waals surface area contributed by atoms with Gasteiger partial charge < -0.3 is 10.5 Å². The van der Waals surface area contributed by atoms with Crippen LogP contribution in [-0.4, -0.2) is 19.1 Å². The van der Waals surface area contributed by atoms with Gasteiger partial charge in [-0.2, -0.15) is 12.6 Å². The predicted octanol–water partition coefficient (Wildman–Crippen LogP) is 2.39. The first-order valence-corrected chi connectivity index (χ1v) is 2.43. The fraction of sp³-hybridized carbons (Fsp3) is 1.00. The zero-order chi connectivity index (χ0) is 4.83. The SMILES string of the molecule is C.C.C.C.NCOCCS. The summed E-state index contributed by atoms with van der Waals surface area (Å²) in [5, 5.41) is 0. The summed E-state index contributed by atoms with van der Waals surface area (Å²) >= 11 is 3.87. The largest absolute Gasteiger partial charge is 0.366 e. The van der Waals surface area contributed by atoms with Crippen molar-refractivity contribution in [3.8, 4) is 0 Å². The fourth-order valence-corrected chi connectivity index (χ4v) is 0.277. The van der Waals surface area contributed by atoms with E-state index in [4.69, 9.17) is 5.73 Å². The monoisotopic (exact) mass is 171 g/mol. The highest BCUT2D eigenvalue weighted by atomic mass is 32.1. The Labute approximate surface area is 72.6 Å². The number of hydrogen-bond donors (Lipinski definition) is 2. The zero-order valence-corrected chi connectivity index (χ0v) is 4.45. The molecule has 3 heteroatoms. The Kier molecular flexibility index (Phi) is 110. The van der Waals surface area contributed by atoms with Gasteiger partial charge in [0.1, 0.15) is 0 Å². The van der Waals surface area contributed by atoms with Crippen LogP contribution in [0.15, 0.2) is 0 Å². The Morgan fingerprint density at radius 1 is 1.10 bits per heavy atom. The Bertz CT molecular complexity index is 25.6. The average Bonchev–Trinajstić information content (AvgIpc) is 1.61. The van der Waals surface area contributed by atoms with E-state index in [1.807, 2.05) is 0 Å². The van der Waals surface area contributed by atoms with Crippen LogP contribution in [0.3, 0.4) is 0 Å². The molecule has 0 rings (SSSR count). The predicted molar refractivity (Wildman–Crippen MR) is 55.8 cm³/mol. The average molecular weight is 171 g/mol. The normalized spacial score (nSPS) is 5.40. The van der Waals surface area contributed by atoms with Crippen molar-refractivity contribution in [3.63, 3.8) is 0 Å². The van der Waals surface area contributed by atoms with E-state index in [-0.39, 0.29) is 29.7 Å². The van der Waals surface area contributed by atoms with E-state index >= 15 is 0 Å². The number of thiol groups is 1. The van der Waals surface area contributed by atoms with E-state index in [9.17, 15) is 0 Å². The van der Waals surface area contributed by atoms with Gasteiger partial charge in [0.2, 0.25) is 0 Å². The molecule has 70 valence electrons. The second-order valence-electron chi connectivity index (χ2n) is 0.799. The van der Waals surface area contributed by atoms with Gasteiger partial charge in [0.15, 0.2) is 0 Å². The first-order chi connectivity index (χ1) is 2.91. The minimum atomic E-state index is 0. The van der Waals surface area contributed by atoms with Gasteiger partial charge in [-0.25, -0.2) is 0 Å². The molecule has 0 spiro atoms. The van der Waals surface area contributed by atoms with E-state index in [2.05, 4.69) is 17.4 Å². The van der Waals surface area contributed by atoms with E-state index in [0.717, 1.165) is 5.75 Å². The van der Waals surface area contributed by atoms with E-state index in [1.165, 1.54) is 0 Å². The van der Waals surface area contributed by atoms with Crippen molar-refractivity contribution in [3.05, 3.63) is 0 Å². The minimum absolute atomic E-state index is 0. The highest BCUT2D eigenvalue weighted by Crippen LogP contribution is 1.71. The topological polar surface area (TPSA) is 35.2 Å². The van der Waals surface area contributed by atoms with Gasteiger partial charge in [-0.05, 0) is 0 Å². The Hall–Kier alpha value is 0.270. The fourth-order valence-electron chi connectivity index (χ4n) is 0.148.